The molecule has 3 heteroatoms. The van der Waals surface area contributed by atoms with Crippen molar-refractivity contribution >= 4 is 10.0 Å². The second-order valence-corrected chi connectivity index (χ2v) is 9.46. The van der Waals surface area contributed by atoms with Crippen LogP contribution in [0.2, 0.25) is 0 Å². The van der Waals surface area contributed by atoms with Gasteiger partial charge >= 0.3 is 10.0 Å². The molecule has 0 aliphatic heterocycles. The van der Waals surface area contributed by atoms with Gasteiger partial charge in [-0.3, -0.25) is 0 Å². The largest absolute Gasteiger partial charge is 0.415 e. The summed E-state index contributed by atoms with van der Waals surface area (Å²) in [5, 5.41) is 0. The van der Waals surface area contributed by atoms with Crippen LogP contribution in [0.4, 0.5) is 0 Å². The topological polar surface area (TPSA) is 29.5 Å². The van der Waals surface area contributed by atoms with E-state index in [-0.39, 0.29) is 0 Å². The fraction of sp³-hybridized carbons (Fsp3) is 0.571. The summed E-state index contributed by atoms with van der Waals surface area (Å²) in [4.78, 5) is 8.69. The van der Waals surface area contributed by atoms with E-state index >= 15 is 0 Å². The molecule has 2 rings (SSSR count). The van der Waals surface area contributed by atoms with Crippen LogP contribution < -0.4 is 0 Å². The van der Waals surface area contributed by atoms with Crippen LogP contribution in [-0.2, 0) is 4.43 Å². The summed E-state index contributed by atoms with van der Waals surface area (Å²) < 4.78 is 5.09. The van der Waals surface area contributed by atoms with Gasteiger partial charge in [0, 0.05) is 12.5 Å². The lowest BCUT2D eigenvalue weighted by atomic mass is 9.87. The molecule has 2 aromatic rings. The van der Waals surface area contributed by atoms with Crippen molar-refractivity contribution in [2.24, 2.45) is 0 Å². The summed E-state index contributed by atoms with van der Waals surface area (Å²) in [6, 6.07) is 22.0. The lowest BCUT2D eigenvalue weighted by Crippen LogP contribution is -2.01. The summed E-state index contributed by atoms with van der Waals surface area (Å²) in [5.41, 5.74) is 2.91. The van der Waals surface area contributed by atoms with E-state index in [1.165, 1.54) is 94.6 Å². The molecule has 0 aromatic heterocycles. The van der Waals surface area contributed by atoms with Gasteiger partial charge < -0.3 is 9.22 Å². The summed E-state index contributed by atoms with van der Waals surface area (Å²) in [6.07, 6.45) is 18.8. The van der Waals surface area contributed by atoms with Gasteiger partial charge in [0.05, 0.1) is 0 Å². The lowest BCUT2D eigenvalue weighted by molar-refractivity contribution is 0.274. The minimum absolute atomic E-state index is 0.534. The molecule has 0 heterocycles. The molecule has 172 valence electrons. The van der Waals surface area contributed by atoms with E-state index < -0.39 is 10.0 Å². The third-order valence-electron chi connectivity index (χ3n) is 6.28. The van der Waals surface area contributed by atoms with E-state index in [1.54, 1.807) is 0 Å². The van der Waals surface area contributed by atoms with E-state index in [0.717, 1.165) is 13.0 Å². The van der Waals surface area contributed by atoms with Crippen LogP contribution in [-0.4, -0.2) is 21.4 Å². The summed E-state index contributed by atoms with van der Waals surface area (Å²) >= 11 is 0. The fourth-order valence-corrected chi connectivity index (χ4v) is 4.79. The number of unbranched alkanes of at least 4 members (excludes halogenated alkanes) is 12. The van der Waals surface area contributed by atoms with Crippen LogP contribution in [0.15, 0.2) is 60.7 Å². The molecule has 0 unspecified atom stereocenters. The Balaban J connectivity index is 1.46. The van der Waals surface area contributed by atoms with E-state index in [1.807, 2.05) is 0 Å². The average molecular weight is 441 g/mol. The van der Waals surface area contributed by atoms with E-state index in [4.69, 9.17) is 9.22 Å². The van der Waals surface area contributed by atoms with E-state index in [2.05, 4.69) is 60.7 Å². The molecule has 1 N–H and O–H groups in total. The molecule has 0 amide bonds. The first-order chi connectivity index (χ1) is 15.4. The first kappa shape index (κ1) is 25.8. The van der Waals surface area contributed by atoms with Crippen molar-refractivity contribution in [3.63, 3.8) is 0 Å². The predicted octanol–water partition coefficient (Wildman–Crippen LogP) is 7.29. The van der Waals surface area contributed by atoms with Crippen molar-refractivity contribution in [1.82, 2.24) is 0 Å². The van der Waals surface area contributed by atoms with Gasteiger partial charge in [0.25, 0.3) is 0 Å². The van der Waals surface area contributed by atoms with Gasteiger partial charge in [-0.2, -0.15) is 0 Å². The highest BCUT2D eigenvalue weighted by atomic mass is 28.2. The Bertz CT molecular complexity index is 592. The molecular formula is C28H44O2Si. The Hall–Kier alpha value is -1.42. The normalized spacial score (nSPS) is 11.7. The summed E-state index contributed by atoms with van der Waals surface area (Å²) in [5.74, 6) is 0.534. The Morgan fingerprint density at radius 3 is 1.35 bits per heavy atom. The Morgan fingerprint density at radius 2 is 0.935 bits per heavy atom. The molecule has 0 saturated carbocycles. The smallest absolute Gasteiger partial charge is 0.301 e. The summed E-state index contributed by atoms with van der Waals surface area (Å²) in [7, 11) is -1.18. The van der Waals surface area contributed by atoms with Gasteiger partial charge in [-0.05, 0) is 24.0 Å². The average Bonchev–Trinajstić information content (AvgIpc) is 2.82. The fourth-order valence-electron chi connectivity index (χ4n) is 4.46. The zero-order valence-electron chi connectivity index (χ0n) is 19.5. The van der Waals surface area contributed by atoms with Crippen LogP contribution in [0.1, 0.15) is 107 Å². The van der Waals surface area contributed by atoms with Crippen molar-refractivity contribution in [2.45, 2.75) is 95.8 Å². The first-order valence-corrected chi connectivity index (χ1v) is 13.9. The number of benzene rings is 2. The molecule has 0 fully saturated rings. The molecule has 0 bridgehead atoms. The summed E-state index contributed by atoms with van der Waals surface area (Å²) in [6.45, 7) is 0.766. The van der Waals surface area contributed by atoms with Crippen LogP contribution in [0.3, 0.4) is 0 Å². The molecule has 0 aliphatic rings. The maximum Gasteiger partial charge on any atom is 0.301 e. The third-order valence-corrected chi connectivity index (χ3v) is 6.75. The van der Waals surface area contributed by atoms with Gasteiger partial charge in [0.1, 0.15) is 0 Å². The SMILES string of the molecule is O[SiH2]OCCCCCCCCCCCCCCCC(c1ccccc1)c1ccccc1. The Labute approximate surface area is 193 Å². The van der Waals surface area contributed by atoms with Crippen LogP contribution in [0.25, 0.3) is 0 Å². The monoisotopic (exact) mass is 440 g/mol. The van der Waals surface area contributed by atoms with Crippen molar-refractivity contribution in [3.8, 4) is 0 Å². The second kappa shape index (κ2) is 18.2. The highest BCUT2D eigenvalue weighted by Crippen LogP contribution is 2.30. The van der Waals surface area contributed by atoms with Crippen LogP contribution in [0.5, 0.6) is 0 Å². The molecule has 31 heavy (non-hydrogen) atoms. The zero-order chi connectivity index (χ0) is 21.8. The molecule has 0 aliphatic carbocycles. The van der Waals surface area contributed by atoms with Crippen LogP contribution >= 0.6 is 0 Å². The number of rotatable bonds is 19. The Morgan fingerprint density at radius 1 is 0.548 bits per heavy atom. The maximum atomic E-state index is 8.69. The molecule has 2 nitrogen and oxygen atoms in total. The molecule has 0 atom stereocenters. The highest BCUT2D eigenvalue weighted by Gasteiger charge is 2.13. The molecule has 0 spiro atoms. The first-order valence-electron chi connectivity index (χ1n) is 12.7. The highest BCUT2D eigenvalue weighted by molar-refractivity contribution is 6.15. The number of hydrogen-bond acceptors (Lipinski definition) is 2. The van der Waals surface area contributed by atoms with Crippen molar-refractivity contribution < 1.29 is 9.22 Å². The van der Waals surface area contributed by atoms with Gasteiger partial charge in [-0.15, -0.1) is 0 Å². The lowest BCUT2D eigenvalue weighted by Gasteiger charge is -2.18. The van der Waals surface area contributed by atoms with E-state index in [0.29, 0.717) is 5.92 Å². The van der Waals surface area contributed by atoms with Gasteiger partial charge in [0.15, 0.2) is 0 Å². The second-order valence-electron chi connectivity index (χ2n) is 8.80. The Kier molecular flexibility index (Phi) is 15.1. The van der Waals surface area contributed by atoms with Gasteiger partial charge in [0.2, 0.25) is 0 Å². The van der Waals surface area contributed by atoms with Crippen molar-refractivity contribution in [2.75, 3.05) is 6.61 Å². The zero-order valence-corrected chi connectivity index (χ0v) is 20.9. The molecule has 0 saturated heterocycles. The number of hydrogen-bond donors (Lipinski definition) is 1. The minimum atomic E-state index is -1.18. The third kappa shape index (κ3) is 12.3. The standard InChI is InChI=1S/C28H44O2Si/c29-31-30-25-19-11-9-7-5-3-1-2-4-6-8-10-18-24-28(26-20-14-12-15-21-26)27-22-16-13-17-23-27/h12-17,20-23,28-29H,1-11,18-19,24-25,31H2. The quantitative estimate of drug-likeness (QED) is 0.184. The van der Waals surface area contributed by atoms with Crippen molar-refractivity contribution in [1.29, 1.82) is 0 Å². The van der Waals surface area contributed by atoms with E-state index in [9.17, 15) is 0 Å². The predicted molar refractivity (Wildman–Crippen MR) is 136 cm³/mol. The molecule has 0 radical (unpaired) electrons. The van der Waals surface area contributed by atoms with Gasteiger partial charge in [-0.1, -0.05) is 138 Å². The van der Waals surface area contributed by atoms with Crippen molar-refractivity contribution in [3.05, 3.63) is 71.8 Å². The maximum absolute atomic E-state index is 8.69. The molecule has 2 aromatic carbocycles. The minimum Gasteiger partial charge on any atom is -0.415 e. The van der Waals surface area contributed by atoms with Crippen LogP contribution in [0, 0.1) is 0 Å². The molecular weight excluding hydrogens is 396 g/mol. The van der Waals surface area contributed by atoms with Gasteiger partial charge in [-0.25, -0.2) is 0 Å².